The zero-order valence-electron chi connectivity index (χ0n) is 38.0. The van der Waals surface area contributed by atoms with Crippen LogP contribution in [0.2, 0.25) is 0 Å². The Labute approximate surface area is 404 Å². The summed E-state index contributed by atoms with van der Waals surface area (Å²) in [7, 11) is 0. The first-order chi connectivity index (χ1) is 34.7. The number of pyridine rings is 1. The number of hydrogen-bond acceptors (Lipinski definition) is 3. The van der Waals surface area contributed by atoms with Crippen molar-refractivity contribution in [2.24, 2.45) is 0 Å². The molecule has 2 heterocycles. The van der Waals surface area contributed by atoms with Crippen LogP contribution in [0.1, 0.15) is 0 Å². The summed E-state index contributed by atoms with van der Waals surface area (Å²) in [6.45, 7) is 0. The minimum Gasteiger partial charge on any atom is -0.246 e. The molecule has 70 heavy (non-hydrogen) atoms. The van der Waals surface area contributed by atoms with Gasteiger partial charge in [0.05, 0.1) is 22.6 Å². The van der Waals surface area contributed by atoms with Crippen LogP contribution < -0.4 is 0 Å². The van der Waals surface area contributed by atoms with Crippen molar-refractivity contribution in [3.05, 3.63) is 249 Å². The molecule has 14 aromatic rings. The van der Waals surface area contributed by atoms with Crippen LogP contribution in [0.4, 0.5) is 0 Å². The maximum atomic E-state index is 5.57. The third-order valence-electron chi connectivity index (χ3n) is 14.2. The molecule has 324 valence electrons. The van der Waals surface area contributed by atoms with E-state index in [1.807, 2.05) is 0 Å². The monoisotopic (exact) mass is 887 g/mol. The lowest BCUT2D eigenvalue weighted by Crippen LogP contribution is -1.98. The van der Waals surface area contributed by atoms with Crippen molar-refractivity contribution in [1.29, 1.82) is 0 Å². The molecule has 0 fully saturated rings. The predicted octanol–water partition coefficient (Wildman–Crippen LogP) is 17.9. The Kier molecular flexibility index (Phi) is 9.21. The van der Waals surface area contributed by atoms with Crippen molar-refractivity contribution in [1.82, 2.24) is 15.0 Å². The van der Waals surface area contributed by atoms with Gasteiger partial charge in [-0.05, 0) is 94.8 Å². The van der Waals surface area contributed by atoms with E-state index in [1.54, 1.807) is 0 Å². The summed E-state index contributed by atoms with van der Waals surface area (Å²) in [5.41, 5.74) is 12.4. The van der Waals surface area contributed by atoms with Crippen molar-refractivity contribution in [3.8, 4) is 67.4 Å². The first-order valence-electron chi connectivity index (χ1n) is 23.9. The second-order valence-electron chi connectivity index (χ2n) is 18.2. The van der Waals surface area contributed by atoms with Crippen LogP contribution in [-0.2, 0) is 0 Å². The molecule has 12 aromatic carbocycles. The van der Waals surface area contributed by atoms with Crippen molar-refractivity contribution in [2.75, 3.05) is 0 Å². The first-order valence-corrected chi connectivity index (χ1v) is 23.9. The summed E-state index contributed by atoms with van der Waals surface area (Å²) in [5.74, 6) is 0.696. The van der Waals surface area contributed by atoms with E-state index < -0.39 is 0 Å². The molecule has 0 saturated carbocycles. The van der Waals surface area contributed by atoms with Gasteiger partial charge in [-0.3, -0.25) is 0 Å². The van der Waals surface area contributed by atoms with E-state index in [0.717, 1.165) is 94.0 Å². The van der Waals surface area contributed by atoms with Gasteiger partial charge in [0.1, 0.15) is 0 Å². The van der Waals surface area contributed by atoms with Gasteiger partial charge in [-0.25, -0.2) is 15.0 Å². The smallest absolute Gasteiger partial charge is 0.161 e. The summed E-state index contributed by atoms with van der Waals surface area (Å²) in [6, 6.07) is 89.3. The average molecular weight is 888 g/mol. The first kappa shape index (κ1) is 39.8. The summed E-state index contributed by atoms with van der Waals surface area (Å²) >= 11 is 0. The normalized spacial score (nSPS) is 11.7. The fourth-order valence-electron chi connectivity index (χ4n) is 10.9. The van der Waals surface area contributed by atoms with E-state index >= 15 is 0 Å². The van der Waals surface area contributed by atoms with Crippen molar-refractivity contribution < 1.29 is 0 Å². The molecule has 0 N–H and O–H groups in total. The van der Waals surface area contributed by atoms with Crippen molar-refractivity contribution >= 4 is 75.5 Å². The second kappa shape index (κ2) is 16.2. The molecular formula is C67H41N3. The standard InChI is InChI=1S/C67H41N3/c1-2-16-43(17-3-1)53-30-15-31-58-64-52-25-9-4-18-44(52)36-37-59(64)65(70-66(53)58)49-22-14-21-46(38-49)42-32-34-45(35-33-42)62-41-63(60-39-47-19-5-7-23-50(47)54-26-10-12-28-56(54)60)69-67(68-62)61-40-48-20-6-8-24-51(48)55-27-11-13-29-57(55)61/h1-41H. The Morgan fingerprint density at radius 2 is 0.757 bits per heavy atom. The number of hydrogen-bond donors (Lipinski definition) is 0. The van der Waals surface area contributed by atoms with Gasteiger partial charge in [0.15, 0.2) is 5.82 Å². The second-order valence-corrected chi connectivity index (χ2v) is 18.2. The Hall–Kier alpha value is -9.31. The van der Waals surface area contributed by atoms with Crippen molar-refractivity contribution in [2.45, 2.75) is 0 Å². The van der Waals surface area contributed by atoms with Crippen LogP contribution in [-0.4, -0.2) is 15.0 Å². The average Bonchev–Trinajstić information content (AvgIpc) is 3.44. The molecule has 0 amide bonds. The summed E-state index contributed by atoms with van der Waals surface area (Å²) in [6.07, 6.45) is 0. The Bertz CT molecular complexity index is 4270. The minimum atomic E-state index is 0.696. The molecule has 0 unspecified atom stereocenters. The number of benzene rings is 12. The number of aromatic nitrogens is 3. The summed E-state index contributed by atoms with van der Waals surface area (Å²) in [5, 5.41) is 15.4. The molecule has 0 spiro atoms. The van der Waals surface area contributed by atoms with Gasteiger partial charge in [-0.15, -0.1) is 0 Å². The number of para-hydroxylation sites is 1. The SMILES string of the molecule is c1ccc(-c2cccc3c2nc(-c2cccc(-c4ccc(-c5cc(-c6cc7ccccc7c7ccccc67)nc(-c6cc7ccccc7c7ccccc67)n5)cc4)c2)c2ccc4ccccc4c23)cc1. The van der Waals surface area contributed by atoms with Gasteiger partial charge in [-0.1, -0.05) is 224 Å². The number of nitrogens with zero attached hydrogens (tertiary/aromatic N) is 3. The molecule has 0 aliphatic carbocycles. The lowest BCUT2D eigenvalue weighted by Gasteiger charge is -2.16. The predicted molar refractivity (Wildman–Crippen MR) is 295 cm³/mol. The van der Waals surface area contributed by atoms with E-state index in [-0.39, 0.29) is 0 Å². The van der Waals surface area contributed by atoms with E-state index in [9.17, 15) is 0 Å². The van der Waals surface area contributed by atoms with Crippen LogP contribution in [0.5, 0.6) is 0 Å². The fraction of sp³-hybridized carbons (Fsp3) is 0. The molecule has 0 aliphatic heterocycles. The summed E-state index contributed by atoms with van der Waals surface area (Å²) in [4.78, 5) is 16.5. The molecular weight excluding hydrogens is 847 g/mol. The van der Waals surface area contributed by atoms with Crippen LogP contribution in [0.3, 0.4) is 0 Å². The third-order valence-corrected chi connectivity index (χ3v) is 14.2. The molecule has 0 radical (unpaired) electrons. The summed E-state index contributed by atoms with van der Waals surface area (Å²) < 4.78 is 0. The molecule has 14 rings (SSSR count). The zero-order valence-corrected chi connectivity index (χ0v) is 38.0. The van der Waals surface area contributed by atoms with E-state index in [4.69, 9.17) is 15.0 Å². The maximum Gasteiger partial charge on any atom is 0.161 e. The molecule has 0 bridgehead atoms. The number of fused-ring (bicyclic) bond motifs is 11. The molecule has 0 saturated heterocycles. The maximum absolute atomic E-state index is 5.57. The highest BCUT2D eigenvalue weighted by atomic mass is 14.9. The number of rotatable bonds is 6. The van der Waals surface area contributed by atoms with Crippen LogP contribution in [0, 0.1) is 0 Å². The largest absolute Gasteiger partial charge is 0.246 e. The highest BCUT2D eigenvalue weighted by molar-refractivity contribution is 6.24. The highest BCUT2D eigenvalue weighted by Crippen LogP contribution is 2.42. The van der Waals surface area contributed by atoms with E-state index in [2.05, 4.69) is 249 Å². The topological polar surface area (TPSA) is 38.7 Å². The Balaban J connectivity index is 0.927. The lowest BCUT2D eigenvalue weighted by atomic mass is 9.92. The molecule has 3 nitrogen and oxygen atoms in total. The lowest BCUT2D eigenvalue weighted by molar-refractivity contribution is 1.19. The quantitative estimate of drug-likeness (QED) is 0.156. The van der Waals surface area contributed by atoms with Gasteiger partial charge in [0, 0.05) is 44.0 Å². The Morgan fingerprint density at radius 3 is 1.49 bits per heavy atom. The van der Waals surface area contributed by atoms with Crippen LogP contribution in [0.15, 0.2) is 249 Å². The van der Waals surface area contributed by atoms with Crippen LogP contribution in [0.25, 0.3) is 143 Å². The van der Waals surface area contributed by atoms with E-state index in [0.29, 0.717) is 5.82 Å². The molecule has 2 aromatic heterocycles. The third kappa shape index (κ3) is 6.55. The Morgan fingerprint density at radius 1 is 0.229 bits per heavy atom. The van der Waals surface area contributed by atoms with Gasteiger partial charge in [0.2, 0.25) is 0 Å². The van der Waals surface area contributed by atoms with Gasteiger partial charge >= 0.3 is 0 Å². The zero-order chi connectivity index (χ0) is 46.1. The molecule has 0 aliphatic rings. The van der Waals surface area contributed by atoms with Crippen LogP contribution >= 0.6 is 0 Å². The van der Waals surface area contributed by atoms with Gasteiger partial charge in [0.25, 0.3) is 0 Å². The van der Waals surface area contributed by atoms with Gasteiger partial charge in [-0.2, -0.15) is 0 Å². The van der Waals surface area contributed by atoms with Gasteiger partial charge < -0.3 is 0 Å². The minimum absolute atomic E-state index is 0.696. The van der Waals surface area contributed by atoms with E-state index in [1.165, 1.54) is 43.1 Å². The molecule has 3 heteroatoms. The van der Waals surface area contributed by atoms with Crippen molar-refractivity contribution in [3.63, 3.8) is 0 Å². The molecule has 0 atom stereocenters. The highest BCUT2D eigenvalue weighted by Gasteiger charge is 2.19. The fourth-order valence-corrected chi connectivity index (χ4v) is 10.9.